The lowest BCUT2D eigenvalue weighted by atomic mass is 9.90. The molecular formula is C14H18N2O2S2. The van der Waals surface area contributed by atoms with Crippen LogP contribution in [0.25, 0.3) is 0 Å². The first-order chi connectivity index (χ1) is 9.43. The van der Waals surface area contributed by atoms with Crippen molar-refractivity contribution < 1.29 is 9.53 Å². The SMILES string of the molecule is CCOC(=O)C(C)(C)c1csc(Cc2csc(C)n2)n1. The Morgan fingerprint density at radius 1 is 1.30 bits per heavy atom. The van der Waals surface area contributed by atoms with Gasteiger partial charge < -0.3 is 4.74 Å². The molecule has 4 nitrogen and oxygen atoms in total. The molecule has 0 bridgehead atoms. The molecule has 0 unspecified atom stereocenters. The van der Waals surface area contributed by atoms with Crippen molar-refractivity contribution in [3.05, 3.63) is 32.2 Å². The summed E-state index contributed by atoms with van der Waals surface area (Å²) in [7, 11) is 0. The summed E-state index contributed by atoms with van der Waals surface area (Å²) in [5.74, 6) is -0.235. The fourth-order valence-corrected chi connectivity index (χ4v) is 3.33. The van der Waals surface area contributed by atoms with Crippen LogP contribution in [0.1, 0.15) is 42.2 Å². The lowest BCUT2D eigenvalue weighted by Crippen LogP contribution is -2.31. The number of ether oxygens (including phenoxy) is 1. The van der Waals surface area contributed by atoms with E-state index in [9.17, 15) is 4.79 Å². The van der Waals surface area contributed by atoms with E-state index in [2.05, 4.69) is 9.97 Å². The Morgan fingerprint density at radius 2 is 2.05 bits per heavy atom. The van der Waals surface area contributed by atoms with E-state index in [0.29, 0.717) is 13.0 Å². The van der Waals surface area contributed by atoms with Gasteiger partial charge in [-0.25, -0.2) is 9.97 Å². The van der Waals surface area contributed by atoms with Gasteiger partial charge in [0.05, 0.1) is 28.0 Å². The van der Waals surface area contributed by atoms with Crippen LogP contribution in [0.3, 0.4) is 0 Å². The van der Waals surface area contributed by atoms with Gasteiger partial charge in [0, 0.05) is 17.2 Å². The molecule has 0 atom stereocenters. The molecule has 0 saturated heterocycles. The van der Waals surface area contributed by atoms with Crippen LogP contribution in [0.15, 0.2) is 10.8 Å². The highest BCUT2D eigenvalue weighted by atomic mass is 32.1. The molecule has 2 aromatic rings. The topological polar surface area (TPSA) is 52.1 Å². The number of hydrogen-bond donors (Lipinski definition) is 0. The van der Waals surface area contributed by atoms with Gasteiger partial charge in [-0.3, -0.25) is 4.79 Å². The number of carbonyl (C=O) groups is 1. The average molecular weight is 310 g/mol. The first kappa shape index (κ1) is 15.1. The number of thiazole rings is 2. The van der Waals surface area contributed by atoms with Crippen LogP contribution in [-0.4, -0.2) is 22.5 Å². The standard InChI is InChI=1S/C14H18N2O2S2/c1-5-18-13(17)14(3,4)11-8-20-12(16-11)6-10-7-19-9(2)15-10/h7-8H,5-6H2,1-4H3. The zero-order valence-electron chi connectivity index (χ0n) is 12.1. The molecule has 20 heavy (non-hydrogen) atoms. The van der Waals surface area contributed by atoms with Crippen molar-refractivity contribution in [1.29, 1.82) is 0 Å². The van der Waals surface area contributed by atoms with Gasteiger partial charge in [-0.2, -0.15) is 0 Å². The molecule has 0 amide bonds. The maximum Gasteiger partial charge on any atom is 0.317 e. The second-order valence-electron chi connectivity index (χ2n) is 5.01. The molecule has 0 fully saturated rings. The van der Waals surface area contributed by atoms with Crippen LogP contribution in [0.5, 0.6) is 0 Å². The fourth-order valence-electron chi connectivity index (χ4n) is 1.74. The Hall–Kier alpha value is -1.27. The van der Waals surface area contributed by atoms with Gasteiger partial charge in [0.25, 0.3) is 0 Å². The molecule has 0 N–H and O–H groups in total. The van der Waals surface area contributed by atoms with E-state index in [1.54, 1.807) is 22.7 Å². The van der Waals surface area contributed by atoms with Gasteiger partial charge in [-0.15, -0.1) is 22.7 Å². The summed E-state index contributed by atoms with van der Waals surface area (Å²) in [5.41, 5.74) is 1.09. The van der Waals surface area contributed by atoms with Gasteiger partial charge in [0.15, 0.2) is 0 Å². The van der Waals surface area contributed by atoms with E-state index in [1.165, 1.54) is 0 Å². The lowest BCUT2D eigenvalue weighted by molar-refractivity contribution is -0.148. The highest BCUT2D eigenvalue weighted by Crippen LogP contribution is 2.27. The van der Waals surface area contributed by atoms with E-state index in [-0.39, 0.29) is 5.97 Å². The van der Waals surface area contributed by atoms with Gasteiger partial charge in [0.1, 0.15) is 5.41 Å². The largest absolute Gasteiger partial charge is 0.465 e. The van der Waals surface area contributed by atoms with Gasteiger partial charge in [-0.05, 0) is 27.7 Å². The molecule has 0 aliphatic rings. The number of rotatable bonds is 5. The van der Waals surface area contributed by atoms with Crippen molar-refractivity contribution in [3.8, 4) is 0 Å². The van der Waals surface area contributed by atoms with Crippen molar-refractivity contribution in [2.45, 2.75) is 39.5 Å². The molecule has 108 valence electrons. The first-order valence-corrected chi connectivity index (χ1v) is 8.22. The summed E-state index contributed by atoms with van der Waals surface area (Å²) >= 11 is 3.20. The highest BCUT2D eigenvalue weighted by molar-refractivity contribution is 7.10. The smallest absolute Gasteiger partial charge is 0.317 e. The number of nitrogens with zero attached hydrogens (tertiary/aromatic N) is 2. The Labute approximate surface area is 126 Å². The van der Waals surface area contributed by atoms with E-state index < -0.39 is 5.41 Å². The van der Waals surface area contributed by atoms with Gasteiger partial charge >= 0.3 is 5.97 Å². The second-order valence-corrected chi connectivity index (χ2v) is 7.01. The fraction of sp³-hybridized carbons (Fsp3) is 0.500. The minimum atomic E-state index is -0.706. The van der Waals surface area contributed by atoms with Crippen LogP contribution in [0.4, 0.5) is 0 Å². The Morgan fingerprint density at radius 3 is 2.65 bits per heavy atom. The normalized spacial score (nSPS) is 11.6. The molecule has 2 aromatic heterocycles. The van der Waals surface area contributed by atoms with Crippen LogP contribution in [0, 0.1) is 6.92 Å². The maximum atomic E-state index is 12.0. The van der Waals surface area contributed by atoms with Crippen molar-refractivity contribution in [2.24, 2.45) is 0 Å². The highest BCUT2D eigenvalue weighted by Gasteiger charge is 2.33. The lowest BCUT2D eigenvalue weighted by Gasteiger charge is -2.19. The zero-order chi connectivity index (χ0) is 14.8. The summed E-state index contributed by atoms with van der Waals surface area (Å²) in [5, 5.41) is 6.02. The van der Waals surface area contributed by atoms with Crippen molar-refractivity contribution in [2.75, 3.05) is 6.61 Å². The summed E-state index contributed by atoms with van der Waals surface area (Å²) in [6.45, 7) is 7.88. The quantitative estimate of drug-likeness (QED) is 0.795. The molecule has 6 heteroatoms. The summed E-state index contributed by atoms with van der Waals surface area (Å²) in [6, 6.07) is 0. The van der Waals surface area contributed by atoms with Crippen LogP contribution in [0.2, 0.25) is 0 Å². The number of aromatic nitrogens is 2. The molecule has 2 rings (SSSR count). The predicted molar refractivity (Wildman–Crippen MR) is 81.4 cm³/mol. The van der Waals surface area contributed by atoms with E-state index in [1.807, 2.05) is 38.5 Å². The number of hydrogen-bond acceptors (Lipinski definition) is 6. The molecule has 2 heterocycles. The van der Waals surface area contributed by atoms with Crippen LogP contribution >= 0.6 is 22.7 Å². The first-order valence-electron chi connectivity index (χ1n) is 6.46. The van der Waals surface area contributed by atoms with Crippen molar-refractivity contribution in [1.82, 2.24) is 9.97 Å². The summed E-state index contributed by atoms with van der Waals surface area (Å²) in [4.78, 5) is 21.0. The van der Waals surface area contributed by atoms with E-state index in [4.69, 9.17) is 4.74 Å². The Balaban J connectivity index is 2.14. The average Bonchev–Trinajstić information content (AvgIpc) is 3.00. The molecule has 0 saturated carbocycles. The molecular weight excluding hydrogens is 292 g/mol. The predicted octanol–water partition coefficient (Wildman–Crippen LogP) is 3.34. The van der Waals surface area contributed by atoms with E-state index in [0.717, 1.165) is 21.4 Å². The third-order valence-electron chi connectivity index (χ3n) is 2.98. The van der Waals surface area contributed by atoms with Crippen LogP contribution in [-0.2, 0) is 21.4 Å². The second kappa shape index (κ2) is 6.01. The maximum absolute atomic E-state index is 12.0. The van der Waals surface area contributed by atoms with Gasteiger partial charge in [-0.1, -0.05) is 0 Å². The van der Waals surface area contributed by atoms with Gasteiger partial charge in [0.2, 0.25) is 0 Å². The summed E-state index contributed by atoms with van der Waals surface area (Å²) < 4.78 is 5.11. The Bertz CT molecular complexity index is 602. The molecule has 0 radical (unpaired) electrons. The minimum absolute atomic E-state index is 0.235. The zero-order valence-corrected chi connectivity index (χ0v) is 13.7. The molecule has 0 aromatic carbocycles. The number of aryl methyl sites for hydroxylation is 1. The number of carbonyl (C=O) groups excluding carboxylic acids is 1. The minimum Gasteiger partial charge on any atom is -0.465 e. The summed E-state index contributed by atoms with van der Waals surface area (Å²) in [6.07, 6.45) is 0.716. The van der Waals surface area contributed by atoms with Crippen LogP contribution < -0.4 is 0 Å². The number of esters is 1. The monoisotopic (exact) mass is 310 g/mol. The van der Waals surface area contributed by atoms with Crippen molar-refractivity contribution in [3.63, 3.8) is 0 Å². The van der Waals surface area contributed by atoms with Crippen molar-refractivity contribution >= 4 is 28.6 Å². The Kier molecular flexibility index (Phi) is 4.55. The molecule has 0 aliphatic carbocycles. The molecule has 0 spiro atoms. The van der Waals surface area contributed by atoms with E-state index >= 15 is 0 Å². The third-order valence-corrected chi connectivity index (χ3v) is 4.65. The molecule has 0 aliphatic heterocycles. The third kappa shape index (κ3) is 3.24.